The zero-order valence-electron chi connectivity index (χ0n) is 12.2. The number of aromatic nitrogens is 2. The molecule has 0 amide bonds. The number of rotatable bonds is 6. The molecule has 1 heterocycles. The quantitative estimate of drug-likeness (QED) is 0.639. The van der Waals surface area contributed by atoms with Crippen LogP contribution >= 0.6 is 11.8 Å². The molecule has 0 bridgehead atoms. The van der Waals surface area contributed by atoms with Gasteiger partial charge in [0.05, 0.1) is 22.5 Å². The third-order valence-electron chi connectivity index (χ3n) is 3.77. The van der Waals surface area contributed by atoms with E-state index in [2.05, 4.69) is 17.7 Å². The molecular formula is C15H24N2O2S. The van der Waals surface area contributed by atoms with E-state index in [1.54, 1.807) is 0 Å². The van der Waals surface area contributed by atoms with Gasteiger partial charge in [0, 0.05) is 0 Å². The molecule has 0 aromatic carbocycles. The molecule has 1 fully saturated rings. The lowest BCUT2D eigenvalue weighted by Gasteiger charge is -2.17. The van der Waals surface area contributed by atoms with Gasteiger partial charge in [-0.15, -0.1) is 0 Å². The van der Waals surface area contributed by atoms with Gasteiger partial charge < -0.3 is 5.11 Å². The van der Waals surface area contributed by atoms with Crippen LogP contribution in [-0.2, 0) is 11.2 Å². The number of carbonyl (C=O) groups is 1. The largest absolute Gasteiger partial charge is 0.481 e. The van der Waals surface area contributed by atoms with Crippen molar-refractivity contribution in [1.82, 2.24) is 9.78 Å². The van der Waals surface area contributed by atoms with E-state index in [1.807, 2.05) is 0 Å². The van der Waals surface area contributed by atoms with Gasteiger partial charge in [-0.25, -0.2) is 0 Å². The second-order valence-corrected chi connectivity index (χ2v) is 6.49. The van der Waals surface area contributed by atoms with Crippen LogP contribution in [0.3, 0.4) is 0 Å². The van der Waals surface area contributed by atoms with Crippen LogP contribution in [0.5, 0.6) is 0 Å². The Bertz CT molecular complexity index is 437. The second kappa shape index (κ2) is 7.72. The van der Waals surface area contributed by atoms with Crippen molar-refractivity contribution in [2.75, 3.05) is 5.75 Å². The Kier molecular flexibility index (Phi) is 5.95. The minimum absolute atomic E-state index is 0.115. The number of carboxylic acids is 1. The fraction of sp³-hybridized carbons (Fsp3) is 0.733. The van der Waals surface area contributed by atoms with Crippen LogP contribution in [0.4, 0.5) is 0 Å². The molecule has 4 nitrogen and oxygen atoms in total. The maximum absolute atomic E-state index is 10.8. The lowest BCUT2D eigenvalue weighted by molar-refractivity contribution is -0.133. The number of aliphatic carboxylic acids is 1. The van der Waals surface area contributed by atoms with E-state index in [-0.39, 0.29) is 5.75 Å². The van der Waals surface area contributed by atoms with Crippen molar-refractivity contribution in [1.29, 1.82) is 0 Å². The third-order valence-corrected chi connectivity index (χ3v) is 4.76. The molecule has 1 aliphatic carbocycles. The van der Waals surface area contributed by atoms with Crippen molar-refractivity contribution in [2.24, 2.45) is 0 Å². The Balaban J connectivity index is 2.16. The molecule has 0 radical (unpaired) electrons. The molecule has 20 heavy (non-hydrogen) atoms. The molecule has 0 atom stereocenters. The number of thioether (sulfide) groups is 1. The summed E-state index contributed by atoms with van der Waals surface area (Å²) in [5, 5.41) is 14.7. The van der Waals surface area contributed by atoms with Gasteiger partial charge in [0.15, 0.2) is 0 Å². The fourth-order valence-electron chi connectivity index (χ4n) is 2.81. The highest BCUT2D eigenvalue weighted by molar-refractivity contribution is 7.99. The van der Waals surface area contributed by atoms with Gasteiger partial charge in [-0.3, -0.25) is 9.48 Å². The van der Waals surface area contributed by atoms with Gasteiger partial charge in [-0.05, 0) is 25.3 Å². The Morgan fingerprint density at radius 3 is 2.70 bits per heavy atom. The summed E-state index contributed by atoms with van der Waals surface area (Å²) < 4.78 is 2.12. The van der Waals surface area contributed by atoms with Crippen LogP contribution in [-0.4, -0.2) is 26.6 Å². The highest BCUT2D eigenvalue weighted by Crippen LogP contribution is 2.31. The van der Waals surface area contributed by atoms with Crippen LogP contribution in [0.25, 0.3) is 0 Å². The summed E-state index contributed by atoms with van der Waals surface area (Å²) in [4.78, 5) is 10.8. The topological polar surface area (TPSA) is 55.1 Å². The molecule has 1 aliphatic rings. The van der Waals surface area contributed by atoms with Crippen LogP contribution < -0.4 is 0 Å². The predicted molar refractivity (Wildman–Crippen MR) is 81.3 cm³/mol. The third kappa shape index (κ3) is 4.27. The first-order valence-electron chi connectivity index (χ1n) is 7.63. The second-order valence-electron chi connectivity index (χ2n) is 5.50. The van der Waals surface area contributed by atoms with Crippen molar-refractivity contribution in [3.05, 3.63) is 11.8 Å². The molecule has 1 N–H and O–H groups in total. The molecule has 2 rings (SSSR count). The van der Waals surface area contributed by atoms with E-state index in [4.69, 9.17) is 10.2 Å². The minimum Gasteiger partial charge on any atom is -0.481 e. The zero-order valence-corrected chi connectivity index (χ0v) is 13.0. The van der Waals surface area contributed by atoms with Crippen molar-refractivity contribution in [3.8, 4) is 0 Å². The van der Waals surface area contributed by atoms with Gasteiger partial charge in [-0.2, -0.15) is 5.10 Å². The smallest absolute Gasteiger partial charge is 0.313 e. The number of hydrogen-bond acceptors (Lipinski definition) is 3. The Labute approximate surface area is 124 Å². The highest BCUT2D eigenvalue weighted by Gasteiger charge is 2.19. The predicted octanol–water partition coefficient (Wildman–Crippen LogP) is 3.91. The molecule has 0 unspecified atom stereocenters. The number of nitrogens with zero attached hydrogens (tertiary/aromatic N) is 2. The van der Waals surface area contributed by atoms with Crippen molar-refractivity contribution < 1.29 is 9.90 Å². The van der Waals surface area contributed by atoms with Gasteiger partial charge in [0.2, 0.25) is 0 Å². The normalized spacial score (nSPS) is 17.1. The van der Waals surface area contributed by atoms with Crippen molar-refractivity contribution in [2.45, 2.75) is 69.4 Å². The molecule has 1 saturated carbocycles. The summed E-state index contributed by atoms with van der Waals surface area (Å²) in [6.45, 7) is 2.15. The van der Waals surface area contributed by atoms with Crippen molar-refractivity contribution >= 4 is 17.7 Å². The summed E-state index contributed by atoms with van der Waals surface area (Å²) >= 11 is 1.40. The maximum Gasteiger partial charge on any atom is 0.313 e. The molecular weight excluding hydrogens is 272 g/mol. The molecule has 1 aromatic rings. The Hall–Kier alpha value is -0.970. The van der Waals surface area contributed by atoms with E-state index in [0.717, 1.165) is 23.6 Å². The van der Waals surface area contributed by atoms with Crippen LogP contribution in [0, 0.1) is 0 Å². The van der Waals surface area contributed by atoms with Crippen LogP contribution in [0.1, 0.15) is 63.6 Å². The lowest BCUT2D eigenvalue weighted by Crippen LogP contribution is -2.12. The van der Waals surface area contributed by atoms with Gasteiger partial charge >= 0.3 is 5.97 Å². The van der Waals surface area contributed by atoms with E-state index in [1.165, 1.54) is 50.3 Å². The average molecular weight is 296 g/mol. The van der Waals surface area contributed by atoms with Gasteiger partial charge in [-0.1, -0.05) is 50.8 Å². The Morgan fingerprint density at radius 1 is 1.40 bits per heavy atom. The lowest BCUT2D eigenvalue weighted by atomic mass is 10.1. The summed E-state index contributed by atoms with van der Waals surface area (Å²) in [6.07, 6.45) is 9.55. The summed E-state index contributed by atoms with van der Waals surface area (Å²) in [7, 11) is 0. The molecule has 5 heteroatoms. The Morgan fingerprint density at radius 2 is 2.10 bits per heavy atom. The van der Waals surface area contributed by atoms with E-state index in [9.17, 15) is 4.79 Å². The first kappa shape index (κ1) is 15.4. The zero-order chi connectivity index (χ0) is 14.4. The van der Waals surface area contributed by atoms with Gasteiger partial charge in [0.25, 0.3) is 0 Å². The monoisotopic (exact) mass is 296 g/mol. The average Bonchev–Trinajstić information content (AvgIpc) is 2.63. The number of carboxylic acid groups (broad SMARTS) is 1. The summed E-state index contributed by atoms with van der Waals surface area (Å²) in [6, 6.07) is 2.54. The standard InChI is InChI=1S/C15H24N2O2S/c1-2-7-12-10-14(20-11-15(18)19)17(16-12)13-8-5-3-4-6-9-13/h10,13H,2-9,11H2,1H3,(H,18,19). The molecule has 1 aromatic heterocycles. The minimum atomic E-state index is -0.763. The van der Waals surface area contributed by atoms with Crippen LogP contribution in [0.2, 0.25) is 0 Å². The molecule has 0 saturated heterocycles. The van der Waals surface area contributed by atoms with Crippen molar-refractivity contribution in [3.63, 3.8) is 0 Å². The van der Waals surface area contributed by atoms with Crippen LogP contribution in [0.15, 0.2) is 11.1 Å². The first-order valence-corrected chi connectivity index (χ1v) is 8.62. The fourth-order valence-corrected chi connectivity index (χ4v) is 3.62. The van der Waals surface area contributed by atoms with E-state index < -0.39 is 5.97 Å². The highest BCUT2D eigenvalue weighted by atomic mass is 32.2. The number of hydrogen-bond donors (Lipinski definition) is 1. The van der Waals surface area contributed by atoms with E-state index >= 15 is 0 Å². The summed E-state index contributed by atoms with van der Waals surface area (Å²) in [5.74, 6) is -0.648. The summed E-state index contributed by atoms with van der Waals surface area (Å²) in [5.41, 5.74) is 1.10. The van der Waals surface area contributed by atoms with E-state index in [0.29, 0.717) is 6.04 Å². The van der Waals surface area contributed by atoms with Gasteiger partial charge in [0.1, 0.15) is 0 Å². The molecule has 0 spiro atoms. The maximum atomic E-state index is 10.8. The molecule has 0 aliphatic heterocycles. The first-order chi connectivity index (χ1) is 9.70. The SMILES string of the molecule is CCCc1cc(SCC(=O)O)n(C2CCCCCC2)n1. The number of aryl methyl sites for hydroxylation is 1. The molecule has 112 valence electrons.